The fourth-order valence-electron chi connectivity index (χ4n) is 4.61. The molecule has 0 atom stereocenters. The largest absolute Gasteiger partial charge is 0.391 e. The fourth-order valence-corrected chi connectivity index (χ4v) is 4.73. The number of imidazole rings is 2. The molecule has 1 fully saturated rings. The summed E-state index contributed by atoms with van der Waals surface area (Å²) in [5.74, 6) is 0.991. The minimum Gasteiger partial charge on any atom is -0.391 e. The first-order chi connectivity index (χ1) is 14.7. The number of para-hydroxylation sites is 2. The van der Waals surface area contributed by atoms with E-state index in [4.69, 9.17) is 16.6 Å². The summed E-state index contributed by atoms with van der Waals surface area (Å²) < 4.78 is 4.56. The van der Waals surface area contributed by atoms with Crippen molar-refractivity contribution in [3.8, 4) is 11.3 Å². The molecule has 1 aliphatic heterocycles. The first kappa shape index (κ1) is 19.6. The van der Waals surface area contributed by atoms with Gasteiger partial charge < -0.3 is 19.5 Å². The van der Waals surface area contributed by atoms with Gasteiger partial charge in [-0.1, -0.05) is 35.9 Å². The van der Waals surface area contributed by atoms with Crippen molar-refractivity contribution in [1.82, 2.24) is 14.0 Å². The summed E-state index contributed by atoms with van der Waals surface area (Å²) in [6, 6.07) is 16.4. The van der Waals surface area contributed by atoms with Gasteiger partial charge in [-0.15, -0.1) is 0 Å². The van der Waals surface area contributed by atoms with E-state index in [9.17, 15) is 5.11 Å². The molecular weight excluding hydrogens is 398 g/mol. The quantitative estimate of drug-likeness (QED) is 0.418. The highest BCUT2D eigenvalue weighted by molar-refractivity contribution is 6.30. The van der Waals surface area contributed by atoms with Crippen LogP contribution in [-0.2, 0) is 6.54 Å². The molecule has 2 aromatic heterocycles. The van der Waals surface area contributed by atoms with E-state index >= 15 is 0 Å². The van der Waals surface area contributed by atoms with E-state index in [-0.39, 0.29) is 6.61 Å². The Bertz CT molecular complexity index is 1140. The number of aliphatic hydroxyl groups excluding tert-OH is 1. The van der Waals surface area contributed by atoms with E-state index in [1.807, 2.05) is 18.2 Å². The maximum Gasteiger partial charge on any atom is 0.215 e. The lowest BCUT2D eigenvalue weighted by atomic mass is 10.1. The molecule has 156 valence electrons. The number of nitrogens with one attached hydrogen (secondary N) is 2. The molecule has 3 N–H and O–H groups in total. The summed E-state index contributed by atoms with van der Waals surface area (Å²) in [4.78, 5) is 8.08. The Kier molecular flexibility index (Phi) is 5.48. The minimum atomic E-state index is 0.282. The molecule has 1 saturated heterocycles. The number of hydrogen-bond donors (Lipinski definition) is 3. The Morgan fingerprint density at radius 1 is 0.933 bits per heavy atom. The summed E-state index contributed by atoms with van der Waals surface area (Å²) in [5, 5.41) is 9.93. The number of nitrogens with zero attached hydrogens (tertiary/aromatic N) is 3. The van der Waals surface area contributed by atoms with Crippen molar-refractivity contribution in [3.05, 3.63) is 59.8 Å². The Morgan fingerprint density at radius 3 is 2.37 bits per heavy atom. The fraction of sp³-hybridized carbons (Fsp3) is 0.348. The summed E-state index contributed by atoms with van der Waals surface area (Å²) in [6.07, 6.45) is 2.20. The number of quaternary nitrogens is 2. The van der Waals surface area contributed by atoms with Crippen LogP contribution in [0.1, 0.15) is 0 Å². The van der Waals surface area contributed by atoms with Crippen molar-refractivity contribution in [2.24, 2.45) is 0 Å². The maximum absolute atomic E-state index is 9.18. The first-order valence-electron chi connectivity index (χ1n) is 10.7. The topological polar surface area (TPSA) is 51.3 Å². The number of halogens is 1. The van der Waals surface area contributed by atoms with Crippen molar-refractivity contribution in [2.75, 3.05) is 45.9 Å². The van der Waals surface area contributed by atoms with Gasteiger partial charge in [0.15, 0.2) is 0 Å². The van der Waals surface area contributed by atoms with Crippen LogP contribution in [0.25, 0.3) is 28.1 Å². The normalized spacial score (nSPS) is 19.7. The molecule has 0 saturated carbocycles. The zero-order chi connectivity index (χ0) is 20.5. The molecule has 30 heavy (non-hydrogen) atoms. The van der Waals surface area contributed by atoms with Crippen molar-refractivity contribution < 1.29 is 14.9 Å². The Hall–Kier alpha value is -2.38. The van der Waals surface area contributed by atoms with Gasteiger partial charge in [0.05, 0.1) is 36.4 Å². The van der Waals surface area contributed by atoms with Gasteiger partial charge in [0.1, 0.15) is 32.7 Å². The van der Waals surface area contributed by atoms with Gasteiger partial charge >= 0.3 is 0 Å². The number of rotatable bonds is 6. The van der Waals surface area contributed by atoms with Gasteiger partial charge in [-0.3, -0.25) is 4.40 Å². The highest BCUT2D eigenvalue weighted by atomic mass is 35.5. The Balaban J connectivity index is 1.46. The summed E-state index contributed by atoms with van der Waals surface area (Å²) in [6.45, 7) is 7.71. The van der Waals surface area contributed by atoms with Gasteiger partial charge in [0.25, 0.3) is 0 Å². The Morgan fingerprint density at radius 2 is 1.63 bits per heavy atom. The van der Waals surface area contributed by atoms with Gasteiger partial charge in [0, 0.05) is 11.2 Å². The first-order valence-corrected chi connectivity index (χ1v) is 11.1. The van der Waals surface area contributed by atoms with Crippen LogP contribution in [0, 0.1) is 0 Å². The van der Waals surface area contributed by atoms with Crippen LogP contribution in [0.2, 0.25) is 5.02 Å². The standard InChI is InChI=1S/C23H26ClN5O/c24-19-7-5-18(6-8-19)22-17-29-21-4-2-1-3-20(21)25-23(29)28(22)14-13-26-9-11-27(12-10-26)15-16-30/h1-8,17,30H,9-16H2/p+2. The molecule has 3 heterocycles. The molecule has 0 bridgehead atoms. The third-order valence-corrected chi connectivity index (χ3v) is 6.57. The number of piperazine rings is 1. The molecule has 6 nitrogen and oxygen atoms in total. The highest BCUT2D eigenvalue weighted by Gasteiger charge is 2.23. The van der Waals surface area contributed by atoms with E-state index in [1.165, 1.54) is 10.6 Å². The third kappa shape index (κ3) is 3.72. The predicted molar refractivity (Wildman–Crippen MR) is 119 cm³/mol. The zero-order valence-corrected chi connectivity index (χ0v) is 17.8. The zero-order valence-electron chi connectivity index (χ0n) is 17.0. The molecule has 0 amide bonds. The number of benzene rings is 2. The lowest BCUT2D eigenvalue weighted by Crippen LogP contribution is -3.28. The van der Waals surface area contributed by atoms with Gasteiger partial charge in [-0.2, -0.15) is 0 Å². The minimum absolute atomic E-state index is 0.282. The molecule has 7 heteroatoms. The molecule has 1 aliphatic rings. The lowest BCUT2D eigenvalue weighted by Gasteiger charge is -2.29. The van der Waals surface area contributed by atoms with Crippen LogP contribution in [0.5, 0.6) is 0 Å². The lowest BCUT2D eigenvalue weighted by molar-refractivity contribution is -1.01. The van der Waals surface area contributed by atoms with E-state index in [2.05, 4.69) is 45.5 Å². The molecule has 0 aliphatic carbocycles. The van der Waals surface area contributed by atoms with Crippen LogP contribution < -0.4 is 9.80 Å². The van der Waals surface area contributed by atoms with Crippen molar-refractivity contribution in [1.29, 1.82) is 0 Å². The molecule has 5 rings (SSSR count). The van der Waals surface area contributed by atoms with Crippen LogP contribution >= 0.6 is 11.6 Å². The molecular formula is C23H28ClN5O+2. The molecule has 0 radical (unpaired) electrons. The number of fused-ring (bicyclic) bond motifs is 3. The Labute approximate surface area is 180 Å². The second-order valence-corrected chi connectivity index (χ2v) is 8.60. The van der Waals surface area contributed by atoms with Crippen molar-refractivity contribution in [3.63, 3.8) is 0 Å². The third-order valence-electron chi connectivity index (χ3n) is 6.32. The van der Waals surface area contributed by atoms with E-state index in [0.29, 0.717) is 0 Å². The smallest absolute Gasteiger partial charge is 0.215 e. The molecule has 0 unspecified atom stereocenters. The highest BCUT2D eigenvalue weighted by Crippen LogP contribution is 2.27. The molecule has 2 aromatic carbocycles. The number of aromatic nitrogens is 3. The van der Waals surface area contributed by atoms with Crippen LogP contribution in [0.4, 0.5) is 0 Å². The summed E-state index contributed by atoms with van der Waals surface area (Å²) >= 11 is 6.13. The van der Waals surface area contributed by atoms with Crippen LogP contribution in [-0.4, -0.2) is 64.9 Å². The predicted octanol–water partition coefficient (Wildman–Crippen LogP) is 0.385. The second-order valence-electron chi connectivity index (χ2n) is 8.17. The van der Waals surface area contributed by atoms with Crippen molar-refractivity contribution >= 4 is 28.4 Å². The molecule has 4 aromatic rings. The van der Waals surface area contributed by atoms with Crippen LogP contribution in [0.15, 0.2) is 54.7 Å². The monoisotopic (exact) mass is 425 g/mol. The van der Waals surface area contributed by atoms with Gasteiger partial charge in [0.2, 0.25) is 5.78 Å². The number of hydrogen-bond acceptors (Lipinski definition) is 2. The van der Waals surface area contributed by atoms with E-state index in [0.717, 1.165) is 73.2 Å². The van der Waals surface area contributed by atoms with Crippen LogP contribution in [0.3, 0.4) is 0 Å². The number of aliphatic hydroxyl groups is 1. The second kappa shape index (κ2) is 8.40. The maximum atomic E-state index is 9.18. The summed E-state index contributed by atoms with van der Waals surface area (Å²) in [7, 11) is 0. The molecule has 0 spiro atoms. The summed E-state index contributed by atoms with van der Waals surface area (Å²) in [5.41, 5.74) is 4.48. The van der Waals surface area contributed by atoms with E-state index < -0.39 is 0 Å². The average Bonchev–Trinajstić information content (AvgIpc) is 3.30. The SMILES string of the molecule is OCC[NH+]1CC[NH+](CCn2c(-c3ccc(Cl)cc3)cn3c4ccccc4nc23)CC1. The van der Waals surface area contributed by atoms with Gasteiger partial charge in [-0.05, 0) is 29.8 Å². The van der Waals surface area contributed by atoms with Crippen molar-refractivity contribution in [2.45, 2.75) is 6.54 Å². The van der Waals surface area contributed by atoms with E-state index in [1.54, 1.807) is 4.90 Å². The average molecular weight is 426 g/mol. The van der Waals surface area contributed by atoms with Gasteiger partial charge in [-0.25, -0.2) is 4.98 Å².